The molecule has 0 bridgehead atoms. The number of nitrogens with one attached hydrogen (secondary N) is 1. The molecule has 2 heterocycles. The molecule has 1 saturated carbocycles. The molecule has 0 radical (unpaired) electrons. The highest BCUT2D eigenvalue weighted by molar-refractivity contribution is 5.93. The maximum Gasteiger partial charge on any atom is 0.270 e. The normalized spacial score (nSPS) is 17.9. The lowest BCUT2D eigenvalue weighted by Crippen LogP contribution is -2.35. The lowest BCUT2D eigenvalue weighted by molar-refractivity contribution is 0.0928. The Hall–Kier alpha value is -2.43. The Morgan fingerprint density at radius 2 is 1.85 bits per heavy atom. The molecule has 2 aromatic rings. The fourth-order valence-electron chi connectivity index (χ4n) is 4.21. The lowest BCUT2D eigenvalue weighted by Gasteiger charge is -2.29. The van der Waals surface area contributed by atoms with Gasteiger partial charge in [0.05, 0.1) is 0 Å². The van der Waals surface area contributed by atoms with Gasteiger partial charge in [0.1, 0.15) is 5.69 Å². The van der Waals surface area contributed by atoms with Gasteiger partial charge in [0.2, 0.25) is 5.95 Å². The number of anilines is 2. The topological polar surface area (TPSA) is 58.1 Å². The molecule has 0 atom stereocenters. The first kappa shape index (κ1) is 18.0. The number of benzene rings is 1. The average Bonchev–Trinajstić information content (AvgIpc) is 2.95. The highest BCUT2D eigenvalue weighted by atomic mass is 16.1. The van der Waals surface area contributed by atoms with Crippen LogP contribution in [0.2, 0.25) is 0 Å². The second kappa shape index (κ2) is 8.07. The van der Waals surface area contributed by atoms with Crippen molar-refractivity contribution in [2.45, 2.75) is 64.3 Å². The van der Waals surface area contributed by atoms with E-state index in [2.05, 4.69) is 38.4 Å². The number of aromatic nitrogens is 2. The third-order valence-electron chi connectivity index (χ3n) is 5.62. The van der Waals surface area contributed by atoms with Crippen LogP contribution in [0, 0.1) is 6.92 Å². The minimum Gasteiger partial charge on any atom is -0.348 e. The van der Waals surface area contributed by atoms with E-state index in [4.69, 9.17) is 0 Å². The Morgan fingerprint density at radius 3 is 2.67 bits per heavy atom. The molecule has 5 heteroatoms. The number of amides is 1. The molecule has 5 nitrogen and oxygen atoms in total. The summed E-state index contributed by atoms with van der Waals surface area (Å²) in [5, 5.41) is 3.20. The molecule has 4 rings (SSSR count). The molecule has 1 aliphatic carbocycles. The van der Waals surface area contributed by atoms with Crippen LogP contribution < -0.4 is 10.2 Å². The van der Waals surface area contributed by atoms with Gasteiger partial charge in [-0.25, -0.2) is 9.97 Å². The lowest BCUT2D eigenvalue weighted by atomic mass is 10.0. The van der Waals surface area contributed by atoms with Crippen LogP contribution in [0.15, 0.2) is 30.3 Å². The Bertz CT molecular complexity index is 812. The summed E-state index contributed by atoms with van der Waals surface area (Å²) in [4.78, 5) is 24.3. The van der Waals surface area contributed by atoms with Crippen LogP contribution in [0.3, 0.4) is 0 Å². The van der Waals surface area contributed by atoms with E-state index in [1.165, 1.54) is 31.2 Å². The van der Waals surface area contributed by atoms with E-state index in [0.717, 1.165) is 43.6 Å². The molecular weight excluding hydrogens is 336 g/mol. The molecule has 1 aromatic heterocycles. The van der Waals surface area contributed by atoms with Crippen molar-refractivity contribution in [3.8, 4) is 0 Å². The molecule has 0 saturated heterocycles. The highest BCUT2D eigenvalue weighted by Gasteiger charge is 2.22. The number of hydrogen-bond acceptors (Lipinski definition) is 4. The molecule has 142 valence electrons. The zero-order valence-corrected chi connectivity index (χ0v) is 16.1. The van der Waals surface area contributed by atoms with E-state index < -0.39 is 0 Å². The number of carbonyl (C=O) groups excluding carboxylic acids is 1. The fourth-order valence-corrected chi connectivity index (χ4v) is 4.21. The van der Waals surface area contributed by atoms with Crippen LogP contribution in [0.5, 0.6) is 0 Å². The van der Waals surface area contributed by atoms with E-state index in [9.17, 15) is 4.79 Å². The largest absolute Gasteiger partial charge is 0.348 e. The number of hydrogen-bond donors (Lipinski definition) is 1. The molecule has 1 aromatic carbocycles. The van der Waals surface area contributed by atoms with Gasteiger partial charge < -0.3 is 10.2 Å². The Balaban J connectivity index is 1.58. The Kier molecular flexibility index (Phi) is 5.37. The van der Waals surface area contributed by atoms with Crippen LogP contribution in [0.25, 0.3) is 0 Å². The van der Waals surface area contributed by atoms with Crippen molar-refractivity contribution in [1.82, 2.24) is 15.3 Å². The monoisotopic (exact) mass is 364 g/mol. The summed E-state index contributed by atoms with van der Waals surface area (Å²) in [5.41, 5.74) is 3.78. The molecule has 0 unspecified atom stereocenters. The molecule has 1 aliphatic heterocycles. The number of para-hydroxylation sites is 1. The SMILES string of the molecule is Cc1cc(C(=O)NC2CCCCCC2)nc(N2CCCc3ccccc32)n1. The summed E-state index contributed by atoms with van der Waals surface area (Å²) in [6.07, 6.45) is 9.23. The van der Waals surface area contributed by atoms with Crippen LogP contribution in [0.4, 0.5) is 11.6 Å². The molecule has 1 fully saturated rings. The van der Waals surface area contributed by atoms with Gasteiger partial charge >= 0.3 is 0 Å². The predicted molar refractivity (Wildman–Crippen MR) is 107 cm³/mol. The maximum absolute atomic E-state index is 12.8. The van der Waals surface area contributed by atoms with Crippen LogP contribution in [-0.4, -0.2) is 28.5 Å². The van der Waals surface area contributed by atoms with Crippen molar-refractivity contribution in [2.75, 3.05) is 11.4 Å². The van der Waals surface area contributed by atoms with Gasteiger partial charge in [-0.1, -0.05) is 43.9 Å². The van der Waals surface area contributed by atoms with Gasteiger partial charge in [0, 0.05) is 24.0 Å². The van der Waals surface area contributed by atoms with Gasteiger partial charge in [0.25, 0.3) is 5.91 Å². The minimum atomic E-state index is -0.0704. The number of carbonyl (C=O) groups is 1. The smallest absolute Gasteiger partial charge is 0.270 e. The summed E-state index contributed by atoms with van der Waals surface area (Å²) in [5.74, 6) is 0.562. The van der Waals surface area contributed by atoms with E-state index in [1.807, 2.05) is 13.0 Å². The van der Waals surface area contributed by atoms with Crippen molar-refractivity contribution in [2.24, 2.45) is 0 Å². The van der Waals surface area contributed by atoms with Crippen LogP contribution >= 0.6 is 0 Å². The first-order valence-corrected chi connectivity index (χ1v) is 10.2. The summed E-state index contributed by atoms with van der Waals surface area (Å²) in [7, 11) is 0. The van der Waals surface area contributed by atoms with Gasteiger partial charge in [-0.2, -0.15) is 0 Å². The summed E-state index contributed by atoms with van der Waals surface area (Å²) in [6.45, 7) is 2.81. The number of nitrogens with zero attached hydrogens (tertiary/aromatic N) is 3. The van der Waals surface area contributed by atoms with Gasteiger partial charge in [0.15, 0.2) is 0 Å². The predicted octanol–water partition coefficient (Wildman–Crippen LogP) is 4.32. The number of fused-ring (bicyclic) bond motifs is 1. The third-order valence-corrected chi connectivity index (χ3v) is 5.62. The van der Waals surface area contributed by atoms with E-state index in [1.54, 1.807) is 6.07 Å². The zero-order valence-electron chi connectivity index (χ0n) is 16.1. The second-order valence-corrected chi connectivity index (χ2v) is 7.74. The van der Waals surface area contributed by atoms with Crippen molar-refractivity contribution < 1.29 is 4.79 Å². The number of rotatable bonds is 3. The van der Waals surface area contributed by atoms with Crippen molar-refractivity contribution in [1.29, 1.82) is 0 Å². The average molecular weight is 364 g/mol. The van der Waals surface area contributed by atoms with Gasteiger partial charge in [-0.15, -0.1) is 0 Å². The Morgan fingerprint density at radius 1 is 1.07 bits per heavy atom. The Labute approximate surface area is 161 Å². The zero-order chi connectivity index (χ0) is 18.6. The minimum absolute atomic E-state index is 0.0704. The van der Waals surface area contributed by atoms with E-state index in [0.29, 0.717) is 11.6 Å². The van der Waals surface area contributed by atoms with Gasteiger partial charge in [-0.05, 0) is 50.3 Å². The van der Waals surface area contributed by atoms with Crippen molar-refractivity contribution in [3.63, 3.8) is 0 Å². The molecule has 1 N–H and O–H groups in total. The summed E-state index contributed by atoms with van der Waals surface area (Å²) < 4.78 is 0. The first-order chi connectivity index (χ1) is 13.2. The van der Waals surface area contributed by atoms with E-state index >= 15 is 0 Å². The fraction of sp³-hybridized carbons (Fsp3) is 0.500. The molecule has 1 amide bonds. The van der Waals surface area contributed by atoms with Crippen LogP contribution in [-0.2, 0) is 6.42 Å². The summed E-state index contributed by atoms with van der Waals surface area (Å²) in [6, 6.07) is 10.5. The molecule has 2 aliphatic rings. The quantitative estimate of drug-likeness (QED) is 0.824. The van der Waals surface area contributed by atoms with E-state index in [-0.39, 0.29) is 11.9 Å². The molecule has 27 heavy (non-hydrogen) atoms. The first-order valence-electron chi connectivity index (χ1n) is 10.2. The third kappa shape index (κ3) is 4.12. The molecule has 0 spiro atoms. The van der Waals surface area contributed by atoms with Gasteiger partial charge in [-0.3, -0.25) is 4.79 Å². The van der Waals surface area contributed by atoms with Crippen LogP contribution in [0.1, 0.15) is 66.7 Å². The van der Waals surface area contributed by atoms with Crippen molar-refractivity contribution >= 4 is 17.5 Å². The highest BCUT2D eigenvalue weighted by Crippen LogP contribution is 2.31. The maximum atomic E-state index is 12.8. The molecular formula is C22H28N4O. The number of aryl methyl sites for hydroxylation is 2. The second-order valence-electron chi connectivity index (χ2n) is 7.74. The summed E-state index contributed by atoms with van der Waals surface area (Å²) >= 11 is 0. The van der Waals surface area contributed by atoms with Crippen molar-refractivity contribution in [3.05, 3.63) is 47.3 Å². The standard InChI is InChI=1S/C22H28N4O/c1-16-15-19(21(27)24-18-11-4-2-3-5-12-18)25-22(23-16)26-14-8-10-17-9-6-7-13-20(17)26/h6-7,9,13,15,18H,2-5,8,10-12,14H2,1H3,(H,24,27).